The van der Waals surface area contributed by atoms with Crippen molar-refractivity contribution in [2.75, 3.05) is 31.5 Å². The molecule has 0 aromatic heterocycles. The SMILES string of the molecule is Cc1ccc(NC(=S)N2CCN(C(=O)c3ccccc3)CC2)cc1Cl. The van der Waals surface area contributed by atoms with E-state index in [1.807, 2.05) is 60.4 Å². The quantitative estimate of drug-likeness (QED) is 0.812. The summed E-state index contributed by atoms with van der Waals surface area (Å²) in [6, 6.07) is 15.2. The Morgan fingerprint density at radius 3 is 2.32 bits per heavy atom. The van der Waals surface area contributed by atoms with Crippen LogP contribution >= 0.6 is 23.8 Å². The van der Waals surface area contributed by atoms with E-state index in [0.29, 0.717) is 36.3 Å². The minimum absolute atomic E-state index is 0.0736. The monoisotopic (exact) mass is 373 g/mol. The van der Waals surface area contributed by atoms with Crippen molar-refractivity contribution < 1.29 is 4.79 Å². The van der Waals surface area contributed by atoms with Crippen LogP contribution in [0.3, 0.4) is 0 Å². The van der Waals surface area contributed by atoms with Crippen LogP contribution in [0.1, 0.15) is 15.9 Å². The van der Waals surface area contributed by atoms with Crippen LogP contribution in [-0.4, -0.2) is 47.0 Å². The number of hydrogen-bond acceptors (Lipinski definition) is 2. The molecule has 0 atom stereocenters. The lowest BCUT2D eigenvalue weighted by molar-refractivity contribution is 0.0693. The normalized spacial score (nSPS) is 14.3. The molecule has 2 aromatic rings. The fourth-order valence-electron chi connectivity index (χ4n) is 2.75. The Bertz CT molecular complexity index is 773. The molecular weight excluding hydrogens is 354 g/mol. The number of hydrogen-bond donors (Lipinski definition) is 1. The van der Waals surface area contributed by atoms with Crippen molar-refractivity contribution in [1.82, 2.24) is 9.80 Å². The second kappa shape index (κ2) is 7.85. The smallest absolute Gasteiger partial charge is 0.253 e. The Balaban J connectivity index is 1.55. The first kappa shape index (κ1) is 17.7. The zero-order valence-electron chi connectivity index (χ0n) is 14.0. The predicted octanol–water partition coefficient (Wildman–Crippen LogP) is 3.80. The maximum atomic E-state index is 12.5. The van der Waals surface area contributed by atoms with Crippen molar-refractivity contribution >= 4 is 40.5 Å². The maximum Gasteiger partial charge on any atom is 0.253 e. The van der Waals surface area contributed by atoms with Crippen molar-refractivity contribution in [2.45, 2.75) is 6.92 Å². The Kier molecular flexibility index (Phi) is 5.56. The number of nitrogens with zero attached hydrogens (tertiary/aromatic N) is 2. The Hall–Kier alpha value is -2.11. The molecule has 2 aromatic carbocycles. The zero-order valence-corrected chi connectivity index (χ0v) is 15.6. The Morgan fingerprint density at radius 1 is 1.04 bits per heavy atom. The lowest BCUT2D eigenvalue weighted by Gasteiger charge is -2.36. The van der Waals surface area contributed by atoms with Crippen LogP contribution in [0.5, 0.6) is 0 Å². The van der Waals surface area contributed by atoms with Gasteiger partial charge in [-0.25, -0.2) is 0 Å². The van der Waals surface area contributed by atoms with Gasteiger partial charge >= 0.3 is 0 Å². The highest BCUT2D eigenvalue weighted by molar-refractivity contribution is 7.80. The van der Waals surface area contributed by atoms with E-state index in [2.05, 4.69) is 10.2 Å². The first-order valence-corrected chi connectivity index (χ1v) is 8.99. The van der Waals surface area contributed by atoms with E-state index in [1.54, 1.807) is 0 Å². The van der Waals surface area contributed by atoms with Gasteiger partial charge in [-0.2, -0.15) is 0 Å². The van der Waals surface area contributed by atoms with Gasteiger partial charge < -0.3 is 15.1 Å². The van der Waals surface area contributed by atoms with E-state index in [0.717, 1.165) is 16.8 Å². The van der Waals surface area contributed by atoms with Gasteiger partial charge in [0.25, 0.3) is 5.91 Å². The molecule has 0 aliphatic carbocycles. The highest BCUT2D eigenvalue weighted by atomic mass is 35.5. The molecule has 1 heterocycles. The number of halogens is 1. The topological polar surface area (TPSA) is 35.6 Å². The van der Waals surface area contributed by atoms with Crippen LogP contribution in [-0.2, 0) is 0 Å². The summed E-state index contributed by atoms with van der Waals surface area (Å²) in [7, 11) is 0. The van der Waals surface area contributed by atoms with Crippen molar-refractivity contribution in [1.29, 1.82) is 0 Å². The van der Waals surface area contributed by atoms with E-state index >= 15 is 0 Å². The van der Waals surface area contributed by atoms with Crippen LogP contribution in [0.15, 0.2) is 48.5 Å². The first-order valence-electron chi connectivity index (χ1n) is 8.21. The molecule has 1 saturated heterocycles. The van der Waals surface area contributed by atoms with Crippen molar-refractivity contribution in [3.05, 3.63) is 64.7 Å². The molecule has 0 saturated carbocycles. The summed E-state index contributed by atoms with van der Waals surface area (Å²) >= 11 is 11.7. The van der Waals surface area contributed by atoms with Crippen LogP contribution in [0.4, 0.5) is 5.69 Å². The predicted molar refractivity (Wildman–Crippen MR) is 106 cm³/mol. The lowest BCUT2D eigenvalue weighted by atomic mass is 10.2. The summed E-state index contributed by atoms with van der Waals surface area (Å²) in [5, 5.41) is 4.60. The van der Waals surface area contributed by atoms with E-state index in [-0.39, 0.29) is 5.91 Å². The second-order valence-corrected chi connectivity index (χ2v) is 6.83. The fourth-order valence-corrected chi connectivity index (χ4v) is 3.23. The third-order valence-corrected chi connectivity index (χ3v) is 5.07. The van der Waals surface area contributed by atoms with Gasteiger partial charge in [-0.1, -0.05) is 35.9 Å². The number of carbonyl (C=O) groups excluding carboxylic acids is 1. The minimum Gasteiger partial charge on any atom is -0.345 e. The van der Waals surface area contributed by atoms with Gasteiger partial charge in [-0.05, 0) is 49.0 Å². The van der Waals surface area contributed by atoms with E-state index < -0.39 is 0 Å². The molecule has 1 aliphatic rings. The molecule has 0 bridgehead atoms. The molecule has 1 fully saturated rings. The van der Waals surface area contributed by atoms with Crippen LogP contribution in [0.25, 0.3) is 0 Å². The van der Waals surface area contributed by atoms with Gasteiger partial charge in [0.05, 0.1) is 0 Å². The van der Waals surface area contributed by atoms with Crippen LogP contribution in [0, 0.1) is 6.92 Å². The lowest BCUT2D eigenvalue weighted by Crippen LogP contribution is -2.51. The minimum atomic E-state index is 0.0736. The van der Waals surface area contributed by atoms with Crippen LogP contribution < -0.4 is 5.32 Å². The van der Waals surface area contributed by atoms with Gasteiger partial charge in [0.1, 0.15) is 0 Å². The van der Waals surface area contributed by atoms with Crippen molar-refractivity contribution in [3.63, 3.8) is 0 Å². The average Bonchev–Trinajstić information content (AvgIpc) is 2.65. The molecule has 0 unspecified atom stereocenters. The van der Waals surface area contributed by atoms with E-state index in [9.17, 15) is 4.79 Å². The number of piperazine rings is 1. The molecule has 6 heteroatoms. The van der Waals surface area contributed by atoms with Gasteiger partial charge in [0.2, 0.25) is 0 Å². The summed E-state index contributed by atoms with van der Waals surface area (Å²) in [4.78, 5) is 16.4. The Labute approximate surface area is 158 Å². The van der Waals surface area contributed by atoms with Gasteiger partial charge in [0.15, 0.2) is 5.11 Å². The number of rotatable bonds is 2. The number of nitrogens with one attached hydrogen (secondary N) is 1. The number of aryl methyl sites for hydroxylation is 1. The maximum absolute atomic E-state index is 12.5. The molecule has 1 N–H and O–H groups in total. The van der Waals surface area contributed by atoms with Gasteiger partial charge in [-0.3, -0.25) is 4.79 Å². The first-order chi connectivity index (χ1) is 12.0. The molecule has 3 rings (SSSR count). The summed E-state index contributed by atoms with van der Waals surface area (Å²) in [6.45, 7) is 4.70. The highest BCUT2D eigenvalue weighted by Crippen LogP contribution is 2.20. The summed E-state index contributed by atoms with van der Waals surface area (Å²) in [6.07, 6.45) is 0. The average molecular weight is 374 g/mol. The van der Waals surface area contributed by atoms with Gasteiger partial charge in [-0.15, -0.1) is 0 Å². The number of amides is 1. The van der Waals surface area contributed by atoms with E-state index in [4.69, 9.17) is 23.8 Å². The third kappa shape index (κ3) is 4.30. The van der Waals surface area contributed by atoms with Crippen molar-refractivity contribution in [3.8, 4) is 0 Å². The number of carbonyl (C=O) groups is 1. The number of thiocarbonyl (C=S) groups is 1. The standard InChI is InChI=1S/C19H20ClN3OS/c1-14-7-8-16(13-17(14)20)21-19(25)23-11-9-22(10-12-23)18(24)15-5-3-2-4-6-15/h2-8,13H,9-12H2,1H3,(H,21,25). The Morgan fingerprint density at radius 2 is 1.68 bits per heavy atom. The molecule has 25 heavy (non-hydrogen) atoms. The molecule has 0 radical (unpaired) electrons. The van der Waals surface area contributed by atoms with Crippen molar-refractivity contribution in [2.24, 2.45) is 0 Å². The number of benzene rings is 2. The molecule has 130 valence electrons. The number of anilines is 1. The molecule has 4 nitrogen and oxygen atoms in total. The molecular formula is C19H20ClN3OS. The van der Waals surface area contributed by atoms with Gasteiger partial charge in [0, 0.05) is 42.5 Å². The zero-order chi connectivity index (χ0) is 17.8. The second-order valence-electron chi connectivity index (χ2n) is 6.04. The van der Waals surface area contributed by atoms with Crippen LogP contribution in [0.2, 0.25) is 5.02 Å². The molecule has 0 spiro atoms. The summed E-state index contributed by atoms with van der Waals surface area (Å²) < 4.78 is 0. The fraction of sp³-hybridized carbons (Fsp3) is 0.263. The van der Waals surface area contributed by atoms with E-state index in [1.165, 1.54) is 0 Å². The summed E-state index contributed by atoms with van der Waals surface area (Å²) in [5.74, 6) is 0.0736. The molecule has 1 amide bonds. The third-order valence-electron chi connectivity index (χ3n) is 4.30. The summed E-state index contributed by atoms with van der Waals surface area (Å²) in [5.41, 5.74) is 2.64. The molecule has 1 aliphatic heterocycles. The highest BCUT2D eigenvalue weighted by Gasteiger charge is 2.23. The largest absolute Gasteiger partial charge is 0.345 e.